The van der Waals surface area contributed by atoms with Crippen molar-refractivity contribution >= 4 is 0 Å². The van der Waals surface area contributed by atoms with Crippen LogP contribution < -0.4 is 0 Å². The number of rotatable bonds is 6. The minimum Gasteiger partial charge on any atom is -0.380 e. The van der Waals surface area contributed by atoms with E-state index in [9.17, 15) is 5.11 Å². The van der Waals surface area contributed by atoms with Crippen LogP contribution in [0.2, 0.25) is 0 Å². The van der Waals surface area contributed by atoms with Crippen molar-refractivity contribution in [3.63, 3.8) is 0 Å². The average Bonchev–Trinajstić information content (AvgIpc) is 2.83. The molecule has 0 radical (unpaired) electrons. The molecule has 0 spiro atoms. The summed E-state index contributed by atoms with van der Waals surface area (Å²) in [4.78, 5) is 0. The highest BCUT2D eigenvalue weighted by Gasteiger charge is 2.41. The highest BCUT2D eigenvalue weighted by Crippen LogP contribution is 2.45. The maximum Gasteiger partial charge on any atom is 0.117 e. The van der Waals surface area contributed by atoms with E-state index in [1.54, 1.807) is 0 Å². The summed E-state index contributed by atoms with van der Waals surface area (Å²) >= 11 is 0. The van der Waals surface area contributed by atoms with Gasteiger partial charge in [0.2, 0.25) is 0 Å². The number of hydrogen-bond donors (Lipinski definition) is 1. The van der Waals surface area contributed by atoms with E-state index in [4.69, 9.17) is 0 Å². The summed E-state index contributed by atoms with van der Waals surface area (Å²) in [6.45, 7) is 6.81. The van der Waals surface area contributed by atoms with Crippen LogP contribution in [0.4, 0.5) is 0 Å². The zero-order valence-corrected chi connectivity index (χ0v) is 19.9. The van der Waals surface area contributed by atoms with Gasteiger partial charge < -0.3 is 5.11 Å². The van der Waals surface area contributed by atoms with Crippen molar-refractivity contribution in [3.05, 3.63) is 107 Å². The molecule has 0 saturated heterocycles. The van der Waals surface area contributed by atoms with E-state index in [1.807, 2.05) is 36.4 Å². The Labute approximate surface area is 194 Å². The second-order valence-electron chi connectivity index (χ2n) is 10.7. The lowest BCUT2D eigenvalue weighted by molar-refractivity contribution is -0.00795. The Hall–Kier alpha value is -2.38. The molecule has 4 rings (SSSR count). The van der Waals surface area contributed by atoms with E-state index in [0.29, 0.717) is 0 Å². The lowest BCUT2D eigenvalue weighted by atomic mass is 9.67. The average molecular weight is 427 g/mol. The van der Waals surface area contributed by atoms with Crippen molar-refractivity contribution in [2.24, 2.45) is 11.8 Å². The van der Waals surface area contributed by atoms with Gasteiger partial charge >= 0.3 is 0 Å². The SMILES string of the molecule is CC(C)(C)c1ccc(CCC2CCC(C(O)(c3ccccc3)c3ccccc3)CC2)cc1. The molecule has 0 atom stereocenters. The van der Waals surface area contributed by atoms with Crippen LogP contribution in [0.3, 0.4) is 0 Å². The molecule has 0 unspecified atom stereocenters. The monoisotopic (exact) mass is 426 g/mol. The zero-order valence-electron chi connectivity index (χ0n) is 19.9. The van der Waals surface area contributed by atoms with Crippen molar-refractivity contribution in [1.82, 2.24) is 0 Å². The van der Waals surface area contributed by atoms with Gasteiger partial charge in [0.15, 0.2) is 0 Å². The molecule has 3 aromatic carbocycles. The normalized spacial score (nSPS) is 19.6. The maximum atomic E-state index is 12.1. The Morgan fingerprint density at radius 3 is 1.62 bits per heavy atom. The van der Waals surface area contributed by atoms with Crippen LogP contribution >= 0.6 is 0 Å². The zero-order chi connectivity index (χ0) is 22.6. The standard InChI is InChI=1S/C31H38O/c1-30(2,3)26-20-16-24(17-21-26)14-15-25-18-22-29(23-19-25)31(32,27-10-6-4-7-11-27)28-12-8-5-9-13-28/h4-13,16-17,20-21,25,29,32H,14-15,18-19,22-23H2,1-3H3. The molecule has 3 aromatic rings. The van der Waals surface area contributed by atoms with Gasteiger partial charge in [0.1, 0.15) is 5.60 Å². The third-order valence-corrected chi connectivity index (χ3v) is 7.53. The van der Waals surface area contributed by atoms with Crippen LogP contribution in [0.25, 0.3) is 0 Å². The van der Waals surface area contributed by atoms with E-state index in [1.165, 1.54) is 30.4 Å². The minimum absolute atomic E-state index is 0.214. The molecule has 1 aliphatic carbocycles. The molecule has 1 nitrogen and oxygen atoms in total. The fraction of sp³-hybridized carbons (Fsp3) is 0.419. The molecule has 0 amide bonds. The predicted molar refractivity (Wildman–Crippen MR) is 135 cm³/mol. The highest BCUT2D eigenvalue weighted by atomic mass is 16.3. The van der Waals surface area contributed by atoms with E-state index in [2.05, 4.69) is 69.3 Å². The maximum absolute atomic E-state index is 12.1. The first kappa shape index (κ1) is 22.8. The summed E-state index contributed by atoms with van der Waals surface area (Å²) in [5, 5.41) is 12.1. The molecule has 0 aromatic heterocycles. The fourth-order valence-electron chi connectivity index (χ4n) is 5.43. The van der Waals surface area contributed by atoms with Crippen molar-refractivity contribution < 1.29 is 5.11 Å². The Balaban J connectivity index is 1.40. The van der Waals surface area contributed by atoms with Gasteiger partial charge in [-0.2, -0.15) is 0 Å². The summed E-state index contributed by atoms with van der Waals surface area (Å²) in [6.07, 6.45) is 6.96. The molecule has 1 fully saturated rings. The first-order valence-corrected chi connectivity index (χ1v) is 12.3. The second kappa shape index (κ2) is 9.63. The van der Waals surface area contributed by atoms with Crippen LogP contribution in [-0.4, -0.2) is 5.11 Å². The van der Waals surface area contributed by atoms with Crippen LogP contribution in [0.1, 0.15) is 75.1 Å². The Morgan fingerprint density at radius 1 is 0.656 bits per heavy atom. The van der Waals surface area contributed by atoms with Crippen molar-refractivity contribution in [2.45, 2.75) is 70.3 Å². The highest BCUT2D eigenvalue weighted by molar-refractivity contribution is 5.37. The number of aryl methyl sites for hydroxylation is 1. The molecule has 32 heavy (non-hydrogen) atoms. The quantitative estimate of drug-likeness (QED) is 0.429. The lowest BCUT2D eigenvalue weighted by Gasteiger charge is -2.41. The minimum atomic E-state index is -0.906. The topological polar surface area (TPSA) is 20.2 Å². The van der Waals surface area contributed by atoms with Crippen LogP contribution in [0.5, 0.6) is 0 Å². The summed E-state index contributed by atoms with van der Waals surface area (Å²) in [7, 11) is 0. The van der Waals surface area contributed by atoms with Crippen LogP contribution in [-0.2, 0) is 17.4 Å². The fourth-order valence-corrected chi connectivity index (χ4v) is 5.43. The second-order valence-corrected chi connectivity index (χ2v) is 10.7. The molecule has 1 heteroatoms. The Bertz CT molecular complexity index is 919. The number of aliphatic hydroxyl groups is 1. The van der Waals surface area contributed by atoms with E-state index < -0.39 is 5.60 Å². The first-order valence-electron chi connectivity index (χ1n) is 12.3. The van der Waals surface area contributed by atoms with Gasteiger partial charge in [0.25, 0.3) is 0 Å². The Kier molecular flexibility index (Phi) is 6.86. The summed E-state index contributed by atoms with van der Waals surface area (Å²) in [6, 6.07) is 29.8. The van der Waals surface area contributed by atoms with Crippen LogP contribution in [0.15, 0.2) is 84.9 Å². The molecular weight excluding hydrogens is 388 g/mol. The van der Waals surface area contributed by atoms with Gasteiger partial charge in [-0.05, 0) is 65.2 Å². The van der Waals surface area contributed by atoms with E-state index in [-0.39, 0.29) is 11.3 Å². The predicted octanol–water partition coefficient (Wildman–Crippen LogP) is 7.66. The summed E-state index contributed by atoms with van der Waals surface area (Å²) in [5.74, 6) is 1.01. The third-order valence-electron chi connectivity index (χ3n) is 7.53. The first-order chi connectivity index (χ1) is 15.4. The van der Waals surface area contributed by atoms with Gasteiger partial charge in [0.05, 0.1) is 0 Å². The van der Waals surface area contributed by atoms with E-state index in [0.717, 1.165) is 36.3 Å². The number of hydrogen-bond acceptors (Lipinski definition) is 1. The smallest absolute Gasteiger partial charge is 0.117 e. The van der Waals surface area contributed by atoms with Gasteiger partial charge in [-0.1, -0.05) is 119 Å². The molecule has 1 N–H and O–H groups in total. The van der Waals surface area contributed by atoms with Gasteiger partial charge in [-0.3, -0.25) is 0 Å². The molecule has 0 bridgehead atoms. The molecule has 0 heterocycles. The van der Waals surface area contributed by atoms with Gasteiger partial charge in [0, 0.05) is 0 Å². The molecule has 1 aliphatic rings. The van der Waals surface area contributed by atoms with E-state index >= 15 is 0 Å². The molecule has 0 aliphatic heterocycles. The van der Waals surface area contributed by atoms with Crippen LogP contribution in [0, 0.1) is 11.8 Å². The molecular formula is C31H38O. The largest absolute Gasteiger partial charge is 0.380 e. The Morgan fingerprint density at radius 2 is 1.16 bits per heavy atom. The lowest BCUT2D eigenvalue weighted by Crippen LogP contribution is -2.38. The van der Waals surface area contributed by atoms with Crippen molar-refractivity contribution in [3.8, 4) is 0 Å². The molecule has 168 valence electrons. The summed E-state index contributed by atoms with van der Waals surface area (Å²) in [5.41, 5.74) is 4.21. The van der Waals surface area contributed by atoms with Crippen molar-refractivity contribution in [1.29, 1.82) is 0 Å². The third kappa shape index (κ3) is 4.99. The van der Waals surface area contributed by atoms with Gasteiger partial charge in [-0.25, -0.2) is 0 Å². The van der Waals surface area contributed by atoms with Gasteiger partial charge in [-0.15, -0.1) is 0 Å². The molecule has 1 saturated carbocycles. The van der Waals surface area contributed by atoms with Crippen molar-refractivity contribution in [2.75, 3.05) is 0 Å². The summed E-state index contributed by atoms with van der Waals surface area (Å²) < 4.78 is 0. The number of benzene rings is 3.